The number of hydrogen-bond donors (Lipinski definition) is 1. The number of alkyl halides is 3. The van der Waals surface area contributed by atoms with Crippen LogP contribution in [0, 0.1) is 23.2 Å². The van der Waals surface area contributed by atoms with Gasteiger partial charge in [-0.3, -0.25) is 9.59 Å². The zero-order chi connectivity index (χ0) is 25.1. The van der Waals surface area contributed by atoms with Crippen LogP contribution in [0.25, 0.3) is 0 Å². The highest BCUT2D eigenvalue weighted by Gasteiger charge is 2.51. The monoisotopic (exact) mass is 496 g/mol. The lowest BCUT2D eigenvalue weighted by Gasteiger charge is -2.56. The van der Waals surface area contributed by atoms with Crippen LogP contribution in [0.4, 0.5) is 18.9 Å². The van der Waals surface area contributed by atoms with E-state index in [0.717, 1.165) is 35.4 Å². The lowest BCUT2D eigenvalue weighted by Crippen LogP contribution is -2.47. The molecule has 7 heteroatoms. The first kappa shape index (κ1) is 23.6. The second-order valence-electron chi connectivity index (χ2n) is 11.6. The molecule has 4 saturated carbocycles. The molecule has 1 heterocycles. The topological polar surface area (TPSA) is 49.4 Å². The number of fused-ring (bicyclic) bond motifs is 1. The summed E-state index contributed by atoms with van der Waals surface area (Å²) >= 11 is 0. The molecule has 0 unspecified atom stereocenters. The Kier molecular flexibility index (Phi) is 5.65. The molecule has 0 atom stereocenters. The number of nitrogens with zero attached hydrogens (tertiary/aromatic N) is 1. The molecule has 4 nitrogen and oxygen atoms in total. The summed E-state index contributed by atoms with van der Waals surface area (Å²) in [6.07, 6.45) is 4.34. The summed E-state index contributed by atoms with van der Waals surface area (Å²) in [6, 6.07) is 10.4. The molecule has 4 bridgehead atoms. The summed E-state index contributed by atoms with van der Waals surface area (Å²) in [7, 11) is 0. The maximum absolute atomic E-state index is 13.2. The Morgan fingerprint density at radius 3 is 2.22 bits per heavy atom. The molecule has 4 fully saturated rings. The molecule has 7 rings (SSSR count). The molecule has 1 aliphatic heterocycles. The van der Waals surface area contributed by atoms with Crippen molar-refractivity contribution in [3.8, 4) is 0 Å². The molecule has 2 amide bonds. The standard InChI is InChI=1S/C29H31F3N2O2/c30-29(31,32)22-6-4-18(5-7-22)17-34-9-8-23-24(27(34)36)2-1-3-25(23)33-26(35)16-28-13-19-10-20(14-28)12-21(11-19)15-28/h1-7,19-21H,8-17H2,(H,33,35). The number of hydrogen-bond acceptors (Lipinski definition) is 2. The van der Waals surface area contributed by atoms with Crippen LogP contribution in [0.1, 0.15) is 72.0 Å². The van der Waals surface area contributed by atoms with E-state index >= 15 is 0 Å². The smallest absolute Gasteiger partial charge is 0.334 e. The van der Waals surface area contributed by atoms with E-state index in [9.17, 15) is 22.8 Å². The first-order valence-corrected chi connectivity index (χ1v) is 13.0. The van der Waals surface area contributed by atoms with Gasteiger partial charge in [0.25, 0.3) is 5.91 Å². The summed E-state index contributed by atoms with van der Waals surface area (Å²) in [6.45, 7) is 0.702. The van der Waals surface area contributed by atoms with Gasteiger partial charge in [0.1, 0.15) is 0 Å². The lowest BCUT2D eigenvalue weighted by molar-refractivity contribution is -0.137. The minimum absolute atomic E-state index is 0.0463. The highest BCUT2D eigenvalue weighted by atomic mass is 19.4. The Hall–Kier alpha value is -2.83. The number of anilines is 1. The van der Waals surface area contributed by atoms with E-state index in [2.05, 4.69) is 5.32 Å². The van der Waals surface area contributed by atoms with Crippen LogP contribution < -0.4 is 5.32 Å². The van der Waals surface area contributed by atoms with E-state index in [1.165, 1.54) is 50.7 Å². The quantitative estimate of drug-likeness (QED) is 0.517. The van der Waals surface area contributed by atoms with E-state index in [1.807, 2.05) is 6.07 Å². The fourth-order valence-corrected chi connectivity index (χ4v) is 7.90. The average molecular weight is 497 g/mol. The summed E-state index contributed by atoms with van der Waals surface area (Å²) in [5, 5.41) is 3.13. The third-order valence-corrected chi connectivity index (χ3v) is 8.95. The van der Waals surface area contributed by atoms with Crippen LogP contribution in [0.2, 0.25) is 0 Å². The van der Waals surface area contributed by atoms with Gasteiger partial charge < -0.3 is 10.2 Å². The van der Waals surface area contributed by atoms with Crippen LogP contribution in [-0.2, 0) is 23.9 Å². The molecular formula is C29H31F3N2O2. The van der Waals surface area contributed by atoms with Crippen LogP contribution in [0.3, 0.4) is 0 Å². The third kappa shape index (κ3) is 4.41. The fourth-order valence-electron chi connectivity index (χ4n) is 7.90. The largest absolute Gasteiger partial charge is 0.416 e. The molecule has 4 aliphatic carbocycles. The van der Waals surface area contributed by atoms with Gasteiger partial charge in [0.15, 0.2) is 0 Å². The zero-order valence-corrected chi connectivity index (χ0v) is 20.2. The van der Waals surface area contributed by atoms with Gasteiger partial charge in [-0.1, -0.05) is 18.2 Å². The molecule has 1 N–H and O–H groups in total. The Morgan fingerprint density at radius 1 is 0.972 bits per heavy atom. The highest BCUT2D eigenvalue weighted by Crippen LogP contribution is 2.61. The van der Waals surface area contributed by atoms with Gasteiger partial charge >= 0.3 is 6.18 Å². The molecule has 0 spiro atoms. The summed E-state index contributed by atoms with van der Waals surface area (Å²) in [4.78, 5) is 28.1. The SMILES string of the molecule is O=C(CC12CC3CC(CC(C3)C1)C2)Nc1cccc2c1CCN(Cc1ccc(C(F)(F)F)cc1)C2=O. The zero-order valence-electron chi connectivity index (χ0n) is 20.2. The van der Waals surface area contributed by atoms with Gasteiger partial charge in [0, 0.05) is 30.8 Å². The van der Waals surface area contributed by atoms with Gasteiger partial charge in [-0.2, -0.15) is 13.2 Å². The lowest BCUT2D eigenvalue weighted by atomic mass is 9.49. The molecular weight excluding hydrogens is 465 g/mol. The van der Waals surface area contributed by atoms with E-state index in [1.54, 1.807) is 17.0 Å². The first-order valence-electron chi connectivity index (χ1n) is 13.0. The van der Waals surface area contributed by atoms with Crippen LogP contribution in [0.15, 0.2) is 42.5 Å². The Labute approximate surface area is 209 Å². The van der Waals surface area contributed by atoms with Crippen molar-refractivity contribution in [2.45, 2.75) is 64.1 Å². The van der Waals surface area contributed by atoms with E-state index in [4.69, 9.17) is 0 Å². The van der Waals surface area contributed by atoms with Crippen molar-refractivity contribution in [1.29, 1.82) is 0 Å². The summed E-state index contributed by atoms with van der Waals surface area (Å²) < 4.78 is 38.6. The third-order valence-electron chi connectivity index (χ3n) is 8.95. The Morgan fingerprint density at radius 2 is 1.61 bits per heavy atom. The predicted octanol–water partition coefficient (Wildman–Crippen LogP) is 6.45. The summed E-state index contributed by atoms with van der Waals surface area (Å²) in [5.74, 6) is 2.27. The van der Waals surface area contributed by atoms with Crippen molar-refractivity contribution in [3.63, 3.8) is 0 Å². The van der Waals surface area contributed by atoms with Crippen LogP contribution in [0.5, 0.6) is 0 Å². The molecule has 2 aromatic rings. The van der Waals surface area contributed by atoms with Crippen molar-refractivity contribution in [3.05, 3.63) is 64.7 Å². The number of carbonyl (C=O) groups is 2. The molecule has 2 aromatic carbocycles. The number of rotatable bonds is 5. The number of benzene rings is 2. The molecule has 190 valence electrons. The second kappa shape index (κ2) is 8.63. The van der Waals surface area contributed by atoms with Gasteiger partial charge in [-0.15, -0.1) is 0 Å². The maximum Gasteiger partial charge on any atom is 0.416 e. The normalized spacial score (nSPS) is 28.8. The predicted molar refractivity (Wildman–Crippen MR) is 130 cm³/mol. The van der Waals surface area contributed by atoms with Crippen molar-refractivity contribution < 1.29 is 22.8 Å². The van der Waals surface area contributed by atoms with Gasteiger partial charge in [0.2, 0.25) is 5.91 Å². The molecule has 5 aliphatic rings. The molecule has 0 aromatic heterocycles. The van der Waals surface area contributed by atoms with Gasteiger partial charge in [-0.25, -0.2) is 0 Å². The van der Waals surface area contributed by atoms with Gasteiger partial charge in [0.05, 0.1) is 5.56 Å². The second-order valence-corrected chi connectivity index (χ2v) is 11.6. The highest BCUT2D eigenvalue weighted by molar-refractivity contribution is 6.00. The molecule has 0 radical (unpaired) electrons. The van der Waals surface area contributed by atoms with Crippen molar-refractivity contribution in [1.82, 2.24) is 4.90 Å². The van der Waals surface area contributed by atoms with Gasteiger partial charge in [-0.05, 0) is 104 Å². The van der Waals surface area contributed by atoms with Crippen molar-refractivity contribution in [2.24, 2.45) is 23.2 Å². The van der Waals surface area contributed by atoms with Crippen molar-refractivity contribution >= 4 is 17.5 Å². The number of halogens is 3. The summed E-state index contributed by atoms with van der Waals surface area (Å²) in [5.41, 5.74) is 2.23. The fraction of sp³-hybridized carbons (Fsp3) is 0.517. The van der Waals surface area contributed by atoms with E-state index in [-0.39, 0.29) is 23.8 Å². The van der Waals surface area contributed by atoms with Crippen LogP contribution >= 0.6 is 0 Å². The first-order chi connectivity index (χ1) is 17.2. The Bertz CT molecular complexity index is 1150. The van der Waals surface area contributed by atoms with E-state index < -0.39 is 11.7 Å². The Balaban J connectivity index is 1.13. The van der Waals surface area contributed by atoms with Crippen LogP contribution in [-0.4, -0.2) is 23.3 Å². The minimum atomic E-state index is -4.38. The number of nitrogens with one attached hydrogen (secondary N) is 1. The molecule has 36 heavy (non-hydrogen) atoms. The number of carbonyl (C=O) groups excluding carboxylic acids is 2. The van der Waals surface area contributed by atoms with E-state index in [0.29, 0.717) is 36.2 Å². The molecule has 0 saturated heterocycles. The number of amides is 2. The maximum atomic E-state index is 13.2. The minimum Gasteiger partial charge on any atom is -0.334 e. The van der Waals surface area contributed by atoms with Crippen molar-refractivity contribution in [2.75, 3.05) is 11.9 Å². The average Bonchev–Trinajstić information content (AvgIpc) is 2.80.